The fourth-order valence-corrected chi connectivity index (χ4v) is 3.05. The summed E-state index contributed by atoms with van der Waals surface area (Å²) in [6, 6.07) is 16.1. The van der Waals surface area contributed by atoms with E-state index in [2.05, 4.69) is 28.4 Å². The normalized spacial score (nSPS) is 14.8. The molecule has 0 radical (unpaired) electrons. The summed E-state index contributed by atoms with van der Waals surface area (Å²) in [4.78, 5) is 14.8. The molecule has 0 atom stereocenters. The largest absolute Gasteiger partial charge is 0.348 e. The van der Waals surface area contributed by atoms with Crippen LogP contribution in [-0.2, 0) is 13.1 Å². The molecule has 120 valence electrons. The number of carbonyl (C=O) groups excluding carboxylic acids is 1. The van der Waals surface area contributed by atoms with Crippen molar-refractivity contribution in [2.24, 2.45) is 0 Å². The van der Waals surface area contributed by atoms with Gasteiger partial charge in [0.15, 0.2) is 0 Å². The molecule has 2 aromatic carbocycles. The first-order valence-electron chi connectivity index (χ1n) is 8.36. The van der Waals surface area contributed by atoms with Gasteiger partial charge in [-0.15, -0.1) is 0 Å². The lowest BCUT2D eigenvalue weighted by molar-refractivity contribution is 0.0951. The van der Waals surface area contributed by atoms with Crippen molar-refractivity contribution in [3.63, 3.8) is 0 Å². The molecular formula is C20H24N2O. The topological polar surface area (TPSA) is 32.3 Å². The molecule has 0 aromatic heterocycles. The Kier molecular flexibility index (Phi) is 5.09. The lowest BCUT2D eigenvalue weighted by Crippen LogP contribution is -2.25. The molecular weight excluding hydrogens is 284 g/mol. The first-order valence-corrected chi connectivity index (χ1v) is 8.36. The molecule has 1 aliphatic rings. The number of amides is 1. The number of benzene rings is 2. The number of carbonyl (C=O) groups is 1. The van der Waals surface area contributed by atoms with Crippen molar-refractivity contribution in [2.75, 3.05) is 13.1 Å². The Morgan fingerprint density at radius 3 is 2.35 bits per heavy atom. The van der Waals surface area contributed by atoms with Crippen LogP contribution in [0.1, 0.15) is 39.9 Å². The van der Waals surface area contributed by atoms with Gasteiger partial charge in [0.25, 0.3) is 5.91 Å². The van der Waals surface area contributed by atoms with Crippen molar-refractivity contribution in [1.29, 1.82) is 0 Å². The smallest absolute Gasteiger partial charge is 0.251 e. The van der Waals surface area contributed by atoms with Gasteiger partial charge >= 0.3 is 0 Å². The fraction of sp³-hybridized carbons (Fsp3) is 0.350. The molecule has 3 rings (SSSR count). The summed E-state index contributed by atoms with van der Waals surface area (Å²) in [5, 5.41) is 3.04. The summed E-state index contributed by atoms with van der Waals surface area (Å²) in [6.07, 6.45) is 2.60. The van der Waals surface area contributed by atoms with Gasteiger partial charge in [-0.3, -0.25) is 9.69 Å². The highest BCUT2D eigenvalue weighted by Gasteiger charge is 2.14. The lowest BCUT2D eigenvalue weighted by atomic mass is 10.1. The molecule has 1 aliphatic heterocycles. The molecule has 0 saturated carbocycles. The van der Waals surface area contributed by atoms with Crippen LogP contribution in [0.25, 0.3) is 0 Å². The van der Waals surface area contributed by atoms with Gasteiger partial charge in [0.05, 0.1) is 0 Å². The highest BCUT2D eigenvalue weighted by Crippen LogP contribution is 2.16. The van der Waals surface area contributed by atoms with Gasteiger partial charge in [-0.1, -0.05) is 42.0 Å². The van der Waals surface area contributed by atoms with Gasteiger partial charge in [-0.25, -0.2) is 0 Å². The van der Waals surface area contributed by atoms with E-state index >= 15 is 0 Å². The van der Waals surface area contributed by atoms with E-state index in [0.717, 1.165) is 12.1 Å². The van der Waals surface area contributed by atoms with Gasteiger partial charge in [-0.05, 0) is 56.1 Å². The van der Waals surface area contributed by atoms with Gasteiger partial charge in [-0.2, -0.15) is 0 Å². The summed E-state index contributed by atoms with van der Waals surface area (Å²) in [6.45, 7) is 5.96. The molecule has 0 aliphatic carbocycles. The second-order valence-corrected chi connectivity index (χ2v) is 6.30. The van der Waals surface area contributed by atoms with Crippen LogP contribution >= 0.6 is 0 Å². The zero-order chi connectivity index (χ0) is 16.1. The van der Waals surface area contributed by atoms with Crippen molar-refractivity contribution < 1.29 is 4.79 Å². The highest BCUT2D eigenvalue weighted by molar-refractivity contribution is 5.94. The molecule has 0 bridgehead atoms. The van der Waals surface area contributed by atoms with E-state index in [1.54, 1.807) is 0 Å². The predicted molar refractivity (Wildman–Crippen MR) is 93.3 cm³/mol. The van der Waals surface area contributed by atoms with E-state index in [4.69, 9.17) is 0 Å². The number of nitrogens with one attached hydrogen (secondary N) is 1. The molecule has 0 spiro atoms. The molecule has 1 fully saturated rings. The quantitative estimate of drug-likeness (QED) is 0.916. The zero-order valence-corrected chi connectivity index (χ0v) is 13.7. The standard InChI is InChI=1S/C20H24N2O/c1-16-8-10-17(11-9-16)20(23)21-14-18-6-2-3-7-19(18)15-22-12-4-5-13-22/h2-3,6-11H,4-5,12-15H2,1H3,(H,21,23). The first kappa shape index (κ1) is 15.8. The minimum atomic E-state index is -0.0130. The van der Waals surface area contributed by atoms with Crippen molar-refractivity contribution in [1.82, 2.24) is 10.2 Å². The van der Waals surface area contributed by atoms with Crippen molar-refractivity contribution in [2.45, 2.75) is 32.9 Å². The molecule has 3 heteroatoms. The minimum Gasteiger partial charge on any atom is -0.348 e. The summed E-state index contributed by atoms with van der Waals surface area (Å²) < 4.78 is 0. The van der Waals surface area contributed by atoms with E-state index in [9.17, 15) is 4.79 Å². The summed E-state index contributed by atoms with van der Waals surface area (Å²) in [7, 11) is 0. The van der Waals surface area contributed by atoms with Crippen LogP contribution in [0, 0.1) is 6.92 Å². The van der Waals surface area contributed by atoms with Gasteiger partial charge < -0.3 is 5.32 Å². The summed E-state index contributed by atoms with van der Waals surface area (Å²) in [5.74, 6) is -0.0130. The molecule has 2 aromatic rings. The first-order chi connectivity index (χ1) is 11.2. The molecule has 3 nitrogen and oxygen atoms in total. The van der Waals surface area contributed by atoms with Gasteiger partial charge in [0.1, 0.15) is 0 Å². The molecule has 1 N–H and O–H groups in total. The van der Waals surface area contributed by atoms with Crippen LogP contribution in [-0.4, -0.2) is 23.9 Å². The number of likely N-dealkylation sites (tertiary alicyclic amines) is 1. The van der Waals surface area contributed by atoms with E-state index in [-0.39, 0.29) is 5.91 Å². The second-order valence-electron chi connectivity index (χ2n) is 6.30. The van der Waals surface area contributed by atoms with Crippen LogP contribution in [0.2, 0.25) is 0 Å². The van der Waals surface area contributed by atoms with E-state index in [1.165, 1.54) is 37.1 Å². The number of rotatable bonds is 5. The monoisotopic (exact) mass is 308 g/mol. The summed E-state index contributed by atoms with van der Waals surface area (Å²) in [5.41, 5.74) is 4.41. The van der Waals surface area contributed by atoms with E-state index < -0.39 is 0 Å². The third-order valence-corrected chi connectivity index (χ3v) is 4.46. The Balaban J connectivity index is 1.63. The number of hydrogen-bond donors (Lipinski definition) is 1. The van der Waals surface area contributed by atoms with Crippen LogP contribution in [0.15, 0.2) is 48.5 Å². The predicted octanol–water partition coefficient (Wildman–Crippen LogP) is 3.52. The van der Waals surface area contributed by atoms with Crippen molar-refractivity contribution in [3.8, 4) is 0 Å². The Hall–Kier alpha value is -2.13. The van der Waals surface area contributed by atoms with Gasteiger partial charge in [0, 0.05) is 18.7 Å². The molecule has 1 heterocycles. The Bertz CT molecular complexity index is 658. The summed E-state index contributed by atoms with van der Waals surface area (Å²) >= 11 is 0. The minimum absolute atomic E-state index is 0.0130. The highest BCUT2D eigenvalue weighted by atomic mass is 16.1. The Morgan fingerprint density at radius 2 is 1.65 bits per heavy atom. The molecule has 0 unspecified atom stereocenters. The number of hydrogen-bond acceptors (Lipinski definition) is 2. The van der Waals surface area contributed by atoms with Crippen LogP contribution in [0.3, 0.4) is 0 Å². The number of nitrogens with zero attached hydrogens (tertiary/aromatic N) is 1. The lowest BCUT2D eigenvalue weighted by Gasteiger charge is -2.17. The van der Waals surface area contributed by atoms with Crippen molar-refractivity contribution in [3.05, 3.63) is 70.8 Å². The molecule has 1 saturated heterocycles. The van der Waals surface area contributed by atoms with E-state index in [1.807, 2.05) is 37.3 Å². The SMILES string of the molecule is Cc1ccc(C(=O)NCc2ccccc2CN2CCCC2)cc1. The van der Waals surface area contributed by atoms with Crippen LogP contribution < -0.4 is 5.32 Å². The molecule has 23 heavy (non-hydrogen) atoms. The average Bonchev–Trinajstić information content (AvgIpc) is 3.07. The number of aryl methyl sites for hydroxylation is 1. The molecule has 1 amide bonds. The van der Waals surface area contributed by atoms with E-state index in [0.29, 0.717) is 12.1 Å². The Labute approximate surface area is 138 Å². The maximum absolute atomic E-state index is 12.3. The Morgan fingerprint density at radius 1 is 1.00 bits per heavy atom. The average molecular weight is 308 g/mol. The van der Waals surface area contributed by atoms with Crippen LogP contribution in [0.5, 0.6) is 0 Å². The third-order valence-electron chi connectivity index (χ3n) is 4.46. The van der Waals surface area contributed by atoms with Crippen LogP contribution in [0.4, 0.5) is 0 Å². The van der Waals surface area contributed by atoms with Gasteiger partial charge in [0.2, 0.25) is 0 Å². The zero-order valence-electron chi connectivity index (χ0n) is 13.7. The fourth-order valence-electron chi connectivity index (χ4n) is 3.05. The van der Waals surface area contributed by atoms with Crippen molar-refractivity contribution >= 4 is 5.91 Å². The maximum Gasteiger partial charge on any atom is 0.251 e. The second kappa shape index (κ2) is 7.42. The maximum atomic E-state index is 12.3. The third kappa shape index (κ3) is 4.20.